The van der Waals surface area contributed by atoms with Crippen molar-refractivity contribution in [3.05, 3.63) is 53.6 Å². The highest BCUT2D eigenvalue weighted by Crippen LogP contribution is 2.27. The van der Waals surface area contributed by atoms with Gasteiger partial charge in [0.05, 0.1) is 17.4 Å². The fraction of sp³-hybridized carbons (Fsp3) is 0.381. The third kappa shape index (κ3) is 5.73. The lowest BCUT2D eigenvalue weighted by molar-refractivity contribution is 0.0377. The summed E-state index contributed by atoms with van der Waals surface area (Å²) in [6.45, 7) is 9.38. The minimum Gasteiger partial charge on any atom is -0.459 e. The summed E-state index contributed by atoms with van der Waals surface area (Å²) < 4.78 is 33.9. The third-order valence-electron chi connectivity index (χ3n) is 4.17. The molecule has 0 heterocycles. The zero-order valence-electron chi connectivity index (χ0n) is 16.9. The van der Waals surface area contributed by atoms with Crippen LogP contribution in [0.4, 0.5) is 11.4 Å². The molecule has 0 radical (unpaired) electrons. The Hall–Kier alpha value is -2.54. The van der Waals surface area contributed by atoms with Crippen molar-refractivity contribution in [2.24, 2.45) is 0 Å². The topological polar surface area (TPSA) is 84.5 Å². The van der Waals surface area contributed by atoms with Crippen molar-refractivity contribution in [2.45, 2.75) is 58.1 Å². The number of hydrogen-bond donors (Lipinski definition) is 2. The van der Waals surface area contributed by atoms with E-state index in [-0.39, 0.29) is 22.6 Å². The normalized spacial score (nSPS) is 12.5. The van der Waals surface area contributed by atoms with Gasteiger partial charge in [-0.25, -0.2) is 13.2 Å². The highest BCUT2D eigenvalue weighted by molar-refractivity contribution is 7.92. The van der Waals surface area contributed by atoms with Gasteiger partial charge in [0.1, 0.15) is 4.90 Å². The van der Waals surface area contributed by atoms with Gasteiger partial charge >= 0.3 is 5.97 Å². The highest BCUT2D eigenvalue weighted by atomic mass is 32.2. The van der Waals surface area contributed by atoms with Crippen molar-refractivity contribution in [2.75, 3.05) is 10.0 Å². The van der Waals surface area contributed by atoms with Gasteiger partial charge in [0, 0.05) is 11.7 Å². The van der Waals surface area contributed by atoms with Crippen molar-refractivity contribution in [3.8, 4) is 0 Å². The van der Waals surface area contributed by atoms with E-state index in [9.17, 15) is 13.2 Å². The Kier molecular flexibility index (Phi) is 7.07. The summed E-state index contributed by atoms with van der Waals surface area (Å²) in [5.74, 6) is -0.558. The van der Waals surface area contributed by atoms with Crippen LogP contribution in [-0.2, 0) is 14.8 Å². The lowest BCUT2D eigenvalue weighted by Crippen LogP contribution is -2.20. The van der Waals surface area contributed by atoms with E-state index >= 15 is 0 Å². The van der Waals surface area contributed by atoms with E-state index in [1.54, 1.807) is 38.1 Å². The summed E-state index contributed by atoms with van der Waals surface area (Å²) in [4.78, 5) is 12.3. The minimum absolute atomic E-state index is 0.00609. The molecule has 2 rings (SSSR count). The maximum absolute atomic E-state index is 13.1. The second-order valence-corrected chi connectivity index (χ2v) is 8.74. The Morgan fingerprint density at radius 2 is 1.71 bits per heavy atom. The van der Waals surface area contributed by atoms with Gasteiger partial charge in [-0.05, 0) is 64.4 Å². The number of ether oxygens (including phenoxy) is 1. The molecule has 2 aromatic rings. The van der Waals surface area contributed by atoms with Crippen LogP contribution in [0.5, 0.6) is 0 Å². The maximum atomic E-state index is 13.1. The van der Waals surface area contributed by atoms with Gasteiger partial charge in [-0.15, -0.1) is 0 Å². The van der Waals surface area contributed by atoms with E-state index in [2.05, 4.69) is 10.0 Å². The van der Waals surface area contributed by atoms with Crippen LogP contribution in [0.15, 0.2) is 47.4 Å². The molecule has 0 bridgehead atoms. The van der Waals surface area contributed by atoms with Crippen molar-refractivity contribution in [1.29, 1.82) is 0 Å². The van der Waals surface area contributed by atoms with E-state index in [0.29, 0.717) is 11.4 Å². The van der Waals surface area contributed by atoms with Gasteiger partial charge < -0.3 is 10.1 Å². The van der Waals surface area contributed by atoms with E-state index in [1.807, 2.05) is 32.9 Å². The molecule has 2 aromatic carbocycles. The summed E-state index contributed by atoms with van der Waals surface area (Å²) >= 11 is 0. The molecule has 28 heavy (non-hydrogen) atoms. The van der Waals surface area contributed by atoms with Crippen LogP contribution in [0.3, 0.4) is 0 Å². The SMILES string of the molecule is CC[C@H](C)Nc1ccc(C(=O)OC(C)C)cc1S(=O)(=O)Nc1ccc(C)cc1. The average molecular weight is 405 g/mol. The molecule has 0 saturated heterocycles. The smallest absolute Gasteiger partial charge is 0.338 e. The van der Waals surface area contributed by atoms with E-state index in [4.69, 9.17) is 4.74 Å². The number of benzene rings is 2. The first-order valence-corrected chi connectivity index (χ1v) is 10.8. The van der Waals surface area contributed by atoms with Crippen LogP contribution < -0.4 is 10.0 Å². The fourth-order valence-corrected chi connectivity index (χ4v) is 3.73. The molecule has 6 nitrogen and oxygen atoms in total. The molecule has 7 heteroatoms. The Morgan fingerprint density at radius 1 is 1.07 bits per heavy atom. The number of sulfonamides is 1. The number of hydrogen-bond acceptors (Lipinski definition) is 5. The third-order valence-corrected chi connectivity index (χ3v) is 5.59. The summed E-state index contributed by atoms with van der Waals surface area (Å²) in [5.41, 5.74) is 2.11. The second-order valence-electron chi connectivity index (χ2n) is 7.09. The standard InChI is InChI=1S/C21H28N2O4S/c1-6-16(5)22-19-12-9-17(21(24)27-14(2)3)13-20(19)28(25,26)23-18-10-7-15(4)8-11-18/h7-14,16,22-23H,6H2,1-5H3/t16-/m0/s1. The van der Waals surface area contributed by atoms with Crippen LogP contribution in [0.2, 0.25) is 0 Å². The minimum atomic E-state index is -3.92. The first-order valence-electron chi connectivity index (χ1n) is 9.33. The number of nitrogens with one attached hydrogen (secondary N) is 2. The number of esters is 1. The van der Waals surface area contributed by atoms with E-state index < -0.39 is 16.0 Å². The molecule has 2 N–H and O–H groups in total. The molecule has 0 saturated carbocycles. The molecular formula is C21H28N2O4S. The highest BCUT2D eigenvalue weighted by Gasteiger charge is 2.22. The molecule has 0 aliphatic carbocycles. The second kappa shape index (κ2) is 9.10. The van der Waals surface area contributed by atoms with Crippen LogP contribution in [0.1, 0.15) is 50.0 Å². The van der Waals surface area contributed by atoms with Crippen molar-refractivity contribution in [3.63, 3.8) is 0 Å². The Labute approximate surface area is 167 Å². The molecule has 152 valence electrons. The Bertz CT molecular complexity index is 922. The van der Waals surface area contributed by atoms with Gasteiger partial charge in [-0.1, -0.05) is 24.6 Å². The zero-order chi connectivity index (χ0) is 20.9. The maximum Gasteiger partial charge on any atom is 0.338 e. The number of anilines is 2. The molecule has 0 amide bonds. The molecular weight excluding hydrogens is 376 g/mol. The summed E-state index contributed by atoms with van der Waals surface area (Å²) in [6.07, 6.45) is 0.526. The summed E-state index contributed by atoms with van der Waals surface area (Å²) in [7, 11) is -3.92. The van der Waals surface area contributed by atoms with Crippen LogP contribution in [-0.4, -0.2) is 26.5 Å². The largest absolute Gasteiger partial charge is 0.459 e. The Balaban J connectivity index is 2.46. The van der Waals surface area contributed by atoms with Crippen molar-refractivity contribution in [1.82, 2.24) is 0 Å². The van der Waals surface area contributed by atoms with Crippen LogP contribution in [0.25, 0.3) is 0 Å². The summed E-state index contributed by atoms with van der Waals surface area (Å²) in [5, 5.41) is 3.20. The van der Waals surface area contributed by atoms with Crippen LogP contribution >= 0.6 is 0 Å². The quantitative estimate of drug-likeness (QED) is 0.630. The number of carbonyl (C=O) groups excluding carboxylic acids is 1. The predicted octanol–water partition coefficient (Wildman–Crippen LogP) is 4.57. The van der Waals surface area contributed by atoms with Crippen molar-refractivity contribution >= 4 is 27.4 Å². The van der Waals surface area contributed by atoms with E-state index in [0.717, 1.165) is 12.0 Å². The molecule has 0 spiro atoms. The molecule has 0 aliphatic heterocycles. The molecule has 0 aromatic heterocycles. The number of carbonyl (C=O) groups is 1. The first-order chi connectivity index (χ1) is 13.1. The average Bonchev–Trinajstić information content (AvgIpc) is 2.63. The number of rotatable bonds is 8. The molecule has 1 atom stereocenters. The van der Waals surface area contributed by atoms with Crippen molar-refractivity contribution < 1.29 is 17.9 Å². The van der Waals surface area contributed by atoms with Gasteiger partial charge in [-0.2, -0.15) is 0 Å². The van der Waals surface area contributed by atoms with Gasteiger partial charge in [0.2, 0.25) is 0 Å². The predicted molar refractivity (Wildman–Crippen MR) is 112 cm³/mol. The zero-order valence-corrected chi connectivity index (χ0v) is 17.8. The van der Waals surface area contributed by atoms with E-state index in [1.165, 1.54) is 6.07 Å². The molecule has 0 fully saturated rings. The van der Waals surface area contributed by atoms with Gasteiger partial charge in [0.15, 0.2) is 0 Å². The Morgan fingerprint density at radius 3 is 2.29 bits per heavy atom. The monoisotopic (exact) mass is 404 g/mol. The summed E-state index contributed by atoms with van der Waals surface area (Å²) in [6, 6.07) is 11.6. The first kappa shape index (κ1) is 21.8. The number of aryl methyl sites for hydroxylation is 1. The molecule has 0 aliphatic rings. The lowest BCUT2D eigenvalue weighted by atomic mass is 10.2. The van der Waals surface area contributed by atoms with Gasteiger partial charge in [-0.3, -0.25) is 4.72 Å². The lowest BCUT2D eigenvalue weighted by Gasteiger charge is -2.18. The van der Waals surface area contributed by atoms with Crippen LogP contribution in [0, 0.1) is 6.92 Å². The van der Waals surface area contributed by atoms with Gasteiger partial charge in [0.25, 0.3) is 10.0 Å². The molecule has 0 unspecified atom stereocenters. The fourth-order valence-electron chi connectivity index (χ4n) is 2.47.